The molecule has 0 saturated heterocycles. The van der Waals surface area contributed by atoms with Crippen molar-refractivity contribution in [2.75, 3.05) is 6.61 Å². The second-order valence-corrected chi connectivity index (χ2v) is 9.22. The molecule has 0 N–H and O–H groups in total. The predicted octanol–water partition coefficient (Wildman–Crippen LogP) is 6.04. The van der Waals surface area contributed by atoms with E-state index in [0.29, 0.717) is 24.5 Å². The monoisotopic (exact) mass is 368 g/mol. The van der Waals surface area contributed by atoms with Crippen molar-refractivity contribution in [3.05, 3.63) is 35.9 Å². The van der Waals surface area contributed by atoms with Gasteiger partial charge in [0.1, 0.15) is 0 Å². The normalized spacial score (nSPS) is 20.3. The topological polar surface area (TPSA) is 26.3 Å². The highest BCUT2D eigenvalue weighted by Gasteiger charge is 2.31. The van der Waals surface area contributed by atoms with E-state index in [1.165, 1.54) is 24.8 Å². The molecule has 2 nitrogen and oxygen atoms in total. The third-order valence-corrected chi connectivity index (χ3v) is 5.35. The summed E-state index contributed by atoms with van der Waals surface area (Å²) in [5.74, 6) is 7.61. The molecule has 1 aliphatic carbocycles. The van der Waals surface area contributed by atoms with E-state index in [1.807, 2.05) is 18.2 Å². The fraction of sp³-hybridized carbons (Fsp3) is 0.640. The second kappa shape index (κ2) is 10.7. The van der Waals surface area contributed by atoms with Gasteiger partial charge in [0.05, 0.1) is 6.61 Å². The standard InChI is InChI=1S/C25H36O2/c1-5-23(12-9-15-27-19-20-10-7-6-8-11-20)24(26)14-13-21-16-22(17-21)18-25(2,3)4/h6-8,10-11,21-23H,5,9,12,15-19H2,1-4H3. The summed E-state index contributed by atoms with van der Waals surface area (Å²) in [7, 11) is 0. The highest BCUT2D eigenvalue weighted by molar-refractivity contribution is 5.97. The number of hydrogen-bond donors (Lipinski definition) is 0. The van der Waals surface area contributed by atoms with Crippen molar-refractivity contribution >= 4 is 5.78 Å². The lowest BCUT2D eigenvalue weighted by molar-refractivity contribution is -0.117. The third kappa shape index (κ3) is 8.31. The molecule has 0 heterocycles. The first kappa shape index (κ1) is 21.7. The molecule has 0 aromatic heterocycles. The molecule has 0 spiro atoms. The SMILES string of the molecule is CCC(CCCOCc1ccccc1)C(=O)C#CC1CC(CC(C)(C)C)C1. The molecule has 0 radical (unpaired) electrons. The summed E-state index contributed by atoms with van der Waals surface area (Å²) >= 11 is 0. The molecule has 0 amide bonds. The first-order valence-electron chi connectivity index (χ1n) is 10.5. The summed E-state index contributed by atoms with van der Waals surface area (Å²) in [5.41, 5.74) is 1.59. The highest BCUT2D eigenvalue weighted by atomic mass is 16.5. The van der Waals surface area contributed by atoms with Crippen molar-refractivity contribution < 1.29 is 9.53 Å². The Labute approximate surface area is 166 Å². The third-order valence-electron chi connectivity index (χ3n) is 5.35. The smallest absolute Gasteiger partial charge is 0.208 e. The minimum absolute atomic E-state index is 0.0586. The number of benzene rings is 1. The van der Waals surface area contributed by atoms with Crippen molar-refractivity contribution in [3.8, 4) is 11.8 Å². The van der Waals surface area contributed by atoms with Crippen LogP contribution < -0.4 is 0 Å². The van der Waals surface area contributed by atoms with Gasteiger partial charge in [0.25, 0.3) is 0 Å². The van der Waals surface area contributed by atoms with Gasteiger partial charge in [0.15, 0.2) is 0 Å². The fourth-order valence-electron chi connectivity index (χ4n) is 3.88. The Morgan fingerprint density at radius 2 is 1.93 bits per heavy atom. The number of hydrogen-bond acceptors (Lipinski definition) is 2. The van der Waals surface area contributed by atoms with Crippen LogP contribution in [0.4, 0.5) is 0 Å². The first-order chi connectivity index (χ1) is 12.9. The number of ketones is 1. The largest absolute Gasteiger partial charge is 0.377 e. The van der Waals surface area contributed by atoms with E-state index in [2.05, 4.69) is 51.7 Å². The maximum Gasteiger partial charge on any atom is 0.208 e. The van der Waals surface area contributed by atoms with Gasteiger partial charge in [-0.25, -0.2) is 0 Å². The molecule has 2 heteroatoms. The molecular formula is C25H36O2. The average molecular weight is 369 g/mol. The maximum atomic E-state index is 12.4. The summed E-state index contributed by atoms with van der Waals surface area (Å²) in [4.78, 5) is 12.4. The van der Waals surface area contributed by atoms with Crippen LogP contribution in [0.3, 0.4) is 0 Å². The minimum atomic E-state index is 0.0586. The number of carbonyl (C=O) groups is 1. The van der Waals surface area contributed by atoms with Gasteiger partial charge in [0, 0.05) is 18.4 Å². The summed E-state index contributed by atoms with van der Waals surface area (Å²) in [6.07, 6.45) is 6.25. The maximum absolute atomic E-state index is 12.4. The molecule has 148 valence electrons. The Hall–Kier alpha value is -1.59. The molecule has 0 aliphatic heterocycles. The zero-order valence-corrected chi connectivity index (χ0v) is 17.6. The molecular weight excluding hydrogens is 332 g/mol. The van der Waals surface area contributed by atoms with Crippen molar-refractivity contribution in [2.24, 2.45) is 23.2 Å². The van der Waals surface area contributed by atoms with Gasteiger partial charge in [-0.3, -0.25) is 4.79 Å². The molecule has 1 atom stereocenters. The Bertz CT molecular complexity index is 624. The Morgan fingerprint density at radius 1 is 1.22 bits per heavy atom. The van der Waals surface area contributed by atoms with Crippen LogP contribution in [0.5, 0.6) is 0 Å². The lowest BCUT2D eigenvalue weighted by atomic mass is 9.68. The lowest BCUT2D eigenvalue weighted by Crippen LogP contribution is -2.26. The van der Waals surface area contributed by atoms with Gasteiger partial charge >= 0.3 is 0 Å². The molecule has 1 fully saturated rings. The molecule has 2 rings (SSSR count). The molecule has 1 saturated carbocycles. The predicted molar refractivity (Wildman–Crippen MR) is 112 cm³/mol. The molecule has 0 bridgehead atoms. The van der Waals surface area contributed by atoms with Crippen molar-refractivity contribution in [1.82, 2.24) is 0 Å². The number of rotatable bonds is 9. The molecule has 1 aliphatic rings. The van der Waals surface area contributed by atoms with E-state index in [0.717, 1.165) is 25.2 Å². The van der Waals surface area contributed by atoms with Crippen LogP contribution >= 0.6 is 0 Å². The van der Waals surface area contributed by atoms with E-state index in [4.69, 9.17) is 4.74 Å². The van der Waals surface area contributed by atoms with Crippen LogP contribution in [0.15, 0.2) is 30.3 Å². The van der Waals surface area contributed by atoms with Crippen molar-refractivity contribution in [2.45, 2.75) is 72.8 Å². The number of carbonyl (C=O) groups excluding carboxylic acids is 1. The van der Waals surface area contributed by atoms with Crippen LogP contribution in [0.1, 0.15) is 71.8 Å². The quantitative estimate of drug-likeness (QED) is 0.301. The summed E-state index contributed by atoms with van der Waals surface area (Å²) < 4.78 is 5.72. The fourth-order valence-corrected chi connectivity index (χ4v) is 3.88. The Balaban J connectivity index is 1.63. The van der Waals surface area contributed by atoms with Gasteiger partial charge in [-0.2, -0.15) is 0 Å². The molecule has 1 unspecified atom stereocenters. The van der Waals surface area contributed by atoms with E-state index in [1.54, 1.807) is 0 Å². The van der Waals surface area contributed by atoms with Crippen LogP contribution in [-0.2, 0) is 16.1 Å². The average Bonchev–Trinajstić information content (AvgIpc) is 2.59. The van der Waals surface area contributed by atoms with E-state index < -0.39 is 0 Å². The first-order valence-corrected chi connectivity index (χ1v) is 10.5. The van der Waals surface area contributed by atoms with E-state index >= 15 is 0 Å². The zero-order valence-electron chi connectivity index (χ0n) is 17.6. The summed E-state index contributed by atoms with van der Waals surface area (Å²) in [6.45, 7) is 10.3. The number of ether oxygens (including phenoxy) is 1. The molecule has 1 aromatic carbocycles. The molecule has 1 aromatic rings. The highest BCUT2D eigenvalue weighted by Crippen LogP contribution is 2.40. The van der Waals surface area contributed by atoms with Crippen LogP contribution in [0, 0.1) is 35.0 Å². The Morgan fingerprint density at radius 3 is 2.56 bits per heavy atom. The van der Waals surface area contributed by atoms with E-state index in [9.17, 15) is 4.79 Å². The van der Waals surface area contributed by atoms with E-state index in [-0.39, 0.29) is 11.7 Å². The lowest BCUT2D eigenvalue weighted by Gasteiger charge is -2.36. The van der Waals surface area contributed by atoms with Gasteiger partial charge in [-0.1, -0.05) is 63.9 Å². The van der Waals surface area contributed by atoms with Gasteiger partial charge in [-0.15, -0.1) is 0 Å². The second-order valence-electron chi connectivity index (χ2n) is 9.22. The zero-order chi connectivity index (χ0) is 19.7. The van der Waals surface area contributed by atoms with Crippen LogP contribution in [-0.4, -0.2) is 12.4 Å². The van der Waals surface area contributed by atoms with Gasteiger partial charge in [-0.05, 0) is 61.3 Å². The van der Waals surface area contributed by atoms with Crippen molar-refractivity contribution in [1.29, 1.82) is 0 Å². The van der Waals surface area contributed by atoms with Crippen LogP contribution in [0.2, 0.25) is 0 Å². The molecule has 27 heavy (non-hydrogen) atoms. The van der Waals surface area contributed by atoms with Crippen LogP contribution in [0.25, 0.3) is 0 Å². The summed E-state index contributed by atoms with van der Waals surface area (Å²) in [6, 6.07) is 10.2. The van der Waals surface area contributed by atoms with Crippen molar-refractivity contribution in [3.63, 3.8) is 0 Å². The Kier molecular flexibility index (Phi) is 8.58. The number of Topliss-reactive ketones (excluding diaryl/α,β-unsaturated/α-hetero) is 1. The minimum Gasteiger partial charge on any atom is -0.377 e. The van der Waals surface area contributed by atoms with Gasteiger partial charge in [0.2, 0.25) is 5.78 Å². The van der Waals surface area contributed by atoms with Gasteiger partial charge < -0.3 is 4.74 Å². The summed E-state index contributed by atoms with van der Waals surface area (Å²) in [5, 5.41) is 0.